The zero-order valence-corrected chi connectivity index (χ0v) is 81.2. The number of benzene rings is 13. The van der Waals surface area contributed by atoms with Crippen LogP contribution < -0.4 is 9.97 Å². The molecule has 0 fully saturated rings. The molecule has 0 N–H and O–H groups in total. The Balaban J connectivity index is 0.0000100. The number of rotatable bonds is 19. The average molecular weight is 1780 g/mol. The Labute approximate surface area is 788 Å². The number of fused-ring (bicyclic) bond motifs is 26. The third kappa shape index (κ3) is 12.7. The Morgan fingerprint density at radius 3 is 0.729 bits per heavy atom. The molecule has 10 nitrogen and oxygen atoms in total. The van der Waals surface area contributed by atoms with E-state index in [9.17, 15) is 0 Å². The molecule has 0 saturated carbocycles. The fourth-order valence-corrected chi connectivity index (χ4v) is 24.1. The second kappa shape index (κ2) is 32.7. The molecule has 133 heavy (non-hydrogen) atoms. The first-order chi connectivity index (χ1) is 64.7. The minimum Gasteiger partial charge on any atom is -0.657 e. The van der Waals surface area contributed by atoms with Crippen LogP contribution in [0.5, 0.6) is 0 Å². The molecular weight excluding hydrogens is 1670 g/mol. The number of aromatic nitrogens is 10. The molecule has 13 aromatic carbocycles. The van der Waals surface area contributed by atoms with Crippen LogP contribution in [-0.2, 0) is 81.0 Å². The molecule has 0 unspecified atom stereocenters. The van der Waals surface area contributed by atoms with Gasteiger partial charge in [-0.25, -0.2) is 9.97 Å². The van der Waals surface area contributed by atoms with Crippen molar-refractivity contribution in [2.24, 2.45) is 42.3 Å². The molecule has 11 heteroatoms. The van der Waals surface area contributed by atoms with E-state index in [-0.39, 0.29) is 19.5 Å². The summed E-state index contributed by atoms with van der Waals surface area (Å²) in [5.41, 5.74) is 44.6. The van der Waals surface area contributed by atoms with Gasteiger partial charge in [-0.1, -0.05) is 283 Å². The Hall–Kier alpha value is -14.1. The minimum absolute atomic E-state index is 0. The van der Waals surface area contributed by atoms with Crippen LogP contribution in [0.1, 0.15) is 135 Å². The van der Waals surface area contributed by atoms with Gasteiger partial charge in [-0.05, 0) is 209 Å². The molecule has 0 radical (unpaired) electrons. The molecule has 8 bridgehead atoms. The SMILES string of the molecule is CCCCCc1c2c3ccccc3n(C)c2c(-c2ccc(-c3c4nc(c(-c5ccc(-c6c7c8ccccc8n(C)c7c(CCCCC)c7c8ccccc8n(C)c67)cc5)c5ccc([n-]5)c(-c5c(C)cc(C)cc5C)c5nc(c(-c6ccc(-c7c8c9ccccc9n(C)c8c(CCCCC)c8c9ccccc9n(C)c78)cc6)c6ccc3[n-]6)C=C5)C=C4)cc2)c2c3ccccc3n(C)c12.[Zn+2]. The average Bonchev–Trinajstić information content (AvgIpc) is 1.55. The zero-order chi connectivity index (χ0) is 89.3. The van der Waals surface area contributed by atoms with Gasteiger partial charge >= 0.3 is 19.5 Å². The van der Waals surface area contributed by atoms with E-state index in [0.29, 0.717) is 0 Å². The van der Waals surface area contributed by atoms with Crippen LogP contribution in [0, 0.1) is 20.8 Å². The Kier molecular flexibility index (Phi) is 20.5. The molecule has 22 aromatic rings. The number of hydrogen-bond donors (Lipinski definition) is 0. The van der Waals surface area contributed by atoms with Gasteiger partial charge in [0.1, 0.15) is 0 Å². The molecule has 0 aliphatic carbocycles. The molecule has 11 heterocycles. The van der Waals surface area contributed by atoms with E-state index in [0.717, 1.165) is 175 Å². The maximum Gasteiger partial charge on any atom is 2.00 e. The van der Waals surface area contributed by atoms with Crippen LogP contribution in [0.3, 0.4) is 0 Å². The summed E-state index contributed by atoms with van der Waals surface area (Å²) < 4.78 is 14.9. The summed E-state index contributed by atoms with van der Waals surface area (Å²) in [5.74, 6) is 0. The van der Waals surface area contributed by atoms with Crippen LogP contribution in [0.25, 0.3) is 255 Å². The molecule has 0 amide bonds. The summed E-state index contributed by atoms with van der Waals surface area (Å²) in [6, 6.07) is 96.1. The summed E-state index contributed by atoms with van der Waals surface area (Å²) in [7, 11) is 13.7. The van der Waals surface area contributed by atoms with E-state index in [2.05, 4.69) is 390 Å². The molecule has 646 valence electrons. The van der Waals surface area contributed by atoms with Crippen molar-refractivity contribution in [1.29, 1.82) is 0 Å². The van der Waals surface area contributed by atoms with Crippen molar-refractivity contribution in [2.75, 3.05) is 0 Å². The first kappa shape index (κ1) is 83.2. The predicted molar refractivity (Wildman–Crippen MR) is 563 cm³/mol. The van der Waals surface area contributed by atoms with Crippen molar-refractivity contribution >= 4 is 177 Å². The van der Waals surface area contributed by atoms with Crippen LogP contribution in [-0.4, -0.2) is 37.4 Å². The molecule has 2 aliphatic heterocycles. The van der Waals surface area contributed by atoms with Gasteiger partial charge in [0.15, 0.2) is 0 Å². The fraction of sp³-hybridized carbons (Fsp3) is 0.197. The standard InChI is InChI=1S/C122H106N10.Zn/c1-13-16-19-40-86-110-80-34-22-28-43-97(80)130(10)120(110)107(113-83-37-25-31-46-100(83)127(7)117(86)113)77-55-49-74(50-56-77)104-89-61-63-91(123-89)105(75-51-57-78(58-52-75)108-114-84-38-26-32-47-101(84)128(8)118(114)87(41-20-17-14-2)111-81-35-23-29-44-98(81)131(11)121(108)111)93-65-67-95(125-93)116(103-72(5)69-71(4)70-73(103)6)96-68-66-94(126-96)106(92-64-62-90(104)124-92)76-53-59-79(60-54-76)109-115-85-39-27-33-48-102(85)129(9)119(115)88(42-21-18-15-3)112-82-36-24-30-45-99(82)132(12)122(109)112;/h22-39,43-70H,13-21,40-42H2,1-12H3;/q-2;+2. The van der Waals surface area contributed by atoms with Crippen LogP contribution in [0.4, 0.5) is 0 Å². The topological polar surface area (TPSA) is 83.6 Å². The molecule has 0 atom stereocenters. The number of aryl methyl sites for hydroxylation is 12. The zero-order valence-electron chi connectivity index (χ0n) is 78.2. The number of nitrogens with zero attached hydrogens (tertiary/aromatic N) is 10. The summed E-state index contributed by atoms with van der Waals surface area (Å²) in [5, 5.41) is 15.6. The molecular formula is C122H106N10Zn. The fourth-order valence-electron chi connectivity index (χ4n) is 24.1. The maximum atomic E-state index is 6.03. The first-order valence-electron chi connectivity index (χ1n) is 47.8. The van der Waals surface area contributed by atoms with Crippen molar-refractivity contribution < 1.29 is 19.5 Å². The number of para-hydroxylation sites is 6. The monoisotopic (exact) mass is 1770 g/mol. The summed E-state index contributed by atoms with van der Waals surface area (Å²) in [4.78, 5) is 24.0. The van der Waals surface area contributed by atoms with Crippen LogP contribution in [0.15, 0.2) is 255 Å². The molecule has 0 spiro atoms. The smallest absolute Gasteiger partial charge is 0.657 e. The quantitative estimate of drug-likeness (QED) is 0.0596. The predicted octanol–water partition coefficient (Wildman–Crippen LogP) is 31.6. The number of unbranched alkanes of at least 4 members (excludes halogenated alkanes) is 6. The van der Waals surface area contributed by atoms with Crippen molar-refractivity contribution in [1.82, 2.24) is 47.3 Å². The molecule has 9 aromatic heterocycles. The van der Waals surface area contributed by atoms with E-state index >= 15 is 0 Å². The van der Waals surface area contributed by atoms with E-state index in [4.69, 9.17) is 19.9 Å². The van der Waals surface area contributed by atoms with Gasteiger partial charge in [0.25, 0.3) is 0 Å². The Bertz CT molecular complexity index is 8600. The van der Waals surface area contributed by atoms with E-state index in [1.807, 2.05) is 0 Å². The minimum atomic E-state index is 0. The van der Waals surface area contributed by atoms with Gasteiger partial charge in [0, 0.05) is 157 Å². The van der Waals surface area contributed by atoms with E-state index < -0.39 is 0 Å². The van der Waals surface area contributed by atoms with Crippen LogP contribution in [0.2, 0.25) is 0 Å². The number of hydrogen-bond acceptors (Lipinski definition) is 2. The maximum absolute atomic E-state index is 6.03. The van der Waals surface area contributed by atoms with Gasteiger partial charge < -0.3 is 37.4 Å². The third-order valence-corrected chi connectivity index (χ3v) is 29.9. The Morgan fingerprint density at radius 2 is 0.466 bits per heavy atom. The summed E-state index contributed by atoms with van der Waals surface area (Å²) in [6.07, 6.45) is 22.2. The molecule has 2 aliphatic rings. The normalized spacial score (nSPS) is 12.5. The van der Waals surface area contributed by atoms with Crippen molar-refractivity contribution in [2.45, 2.75) is 119 Å². The van der Waals surface area contributed by atoms with Gasteiger partial charge in [-0.3, -0.25) is 0 Å². The van der Waals surface area contributed by atoms with Gasteiger partial charge in [0.05, 0.1) is 55.9 Å². The van der Waals surface area contributed by atoms with Crippen LogP contribution >= 0.6 is 0 Å². The Morgan fingerprint density at radius 1 is 0.241 bits per heavy atom. The van der Waals surface area contributed by atoms with E-state index in [1.54, 1.807) is 0 Å². The van der Waals surface area contributed by atoms with Crippen molar-refractivity contribution in [3.05, 3.63) is 311 Å². The summed E-state index contributed by atoms with van der Waals surface area (Å²) in [6.45, 7) is 13.6. The van der Waals surface area contributed by atoms with Crippen molar-refractivity contribution in [3.63, 3.8) is 0 Å². The molecule has 0 saturated heterocycles. The van der Waals surface area contributed by atoms with Crippen molar-refractivity contribution in [3.8, 4) is 77.9 Å². The first-order valence-corrected chi connectivity index (χ1v) is 47.8. The molecule has 24 rings (SSSR count). The second-order valence-corrected chi connectivity index (χ2v) is 37.6. The largest absolute Gasteiger partial charge is 2.00 e. The summed E-state index contributed by atoms with van der Waals surface area (Å²) >= 11 is 0. The van der Waals surface area contributed by atoms with Gasteiger partial charge in [-0.15, -0.1) is 22.1 Å². The second-order valence-electron chi connectivity index (χ2n) is 37.6. The van der Waals surface area contributed by atoms with Gasteiger partial charge in [0.2, 0.25) is 0 Å². The third-order valence-electron chi connectivity index (χ3n) is 29.9. The van der Waals surface area contributed by atoms with E-state index in [1.165, 1.54) is 189 Å². The van der Waals surface area contributed by atoms with Gasteiger partial charge in [-0.2, -0.15) is 0 Å².